The van der Waals surface area contributed by atoms with Gasteiger partial charge in [-0.3, -0.25) is 4.68 Å². The van der Waals surface area contributed by atoms with Crippen LogP contribution in [-0.4, -0.2) is 22.4 Å². The average Bonchev–Trinajstić information content (AvgIpc) is 2.84. The SMILES string of the molecule is CCCNC1CCC(CCC)CC1Cc1cnn(C)c1. The molecule has 3 atom stereocenters. The van der Waals surface area contributed by atoms with Crippen molar-refractivity contribution in [1.29, 1.82) is 0 Å². The highest BCUT2D eigenvalue weighted by Crippen LogP contribution is 2.34. The van der Waals surface area contributed by atoms with Crippen LogP contribution in [0.4, 0.5) is 0 Å². The number of nitrogens with one attached hydrogen (secondary N) is 1. The number of rotatable bonds is 7. The van der Waals surface area contributed by atoms with Gasteiger partial charge in [-0.05, 0) is 56.0 Å². The summed E-state index contributed by atoms with van der Waals surface area (Å²) in [6.07, 6.45) is 13.5. The van der Waals surface area contributed by atoms with Crippen LogP contribution < -0.4 is 5.32 Å². The zero-order valence-corrected chi connectivity index (χ0v) is 13.4. The molecule has 3 heteroatoms. The van der Waals surface area contributed by atoms with E-state index >= 15 is 0 Å². The van der Waals surface area contributed by atoms with E-state index in [1.807, 2.05) is 17.9 Å². The van der Waals surface area contributed by atoms with Crippen molar-refractivity contribution < 1.29 is 0 Å². The minimum atomic E-state index is 0.711. The molecule has 2 rings (SSSR count). The van der Waals surface area contributed by atoms with Crippen LogP contribution in [-0.2, 0) is 13.5 Å². The van der Waals surface area contributed by atoms with Crippen LogP contribution in [0.3, 0.4) is 0 Å². The van der Waals surface area contributed by atoms with Crippen molar-refractivity contribution in [2.75, 3.05) is 6.54 Å². The number of nitrogens with zero attached hydrogens (tertiary/aromatic N) is 2. The predicted molar refractivity (Wildman–Crippen MR) is 84.7 cm³/mol. The van der Waals surface area contributed by atoms with Crippen molar-refractivity contribution in [1.82, 2.24) is 15.1 Å². The third-order valence-corrected chi connectivity index (χ3v) is 4.70. The molecular formula is C17H31N3. The molecule has 1 fully saturated rings. The minimum absolute atomic E-state index is 0.711. The van der Waals surface area contributed by atoms with Gasteiger partial charge in [0, 0.05) is 19.3 Å². The first kappa shape index (κ1) is 15.6. The Morgan fingerprint density at radius 3 is 2.80 bits per heavy atom. The summed E-state index contributed by atoms with van der Waals surface area (Å²) in [4.78, 5) is 0. The second-order valence-corrected chi connectivity index (χ2v) is 6.51. The Balaban J connectivity index is 1.96. The fourth-order valence-electron chi connectivity index (χ4n) is 3.74. The molecule has 1 aliphatic carbocycles. The lowest BCUT2D eigenvalue weighted by molar-refractivity contribution is 0.194. The first-order chi connectivity index (χ1) is 9.72. The quantitative estimate of drug-likeness (QED) is 0.826. The van der Waals surface area contributed by atoms with Gasteiger partial charge in [-0.1, -0.05) is 26.7 Å². The molecule has 1 aromatic rings. The Bertz CT molecular complexity index is 385. The van der Waals surface area contributed by atoms with Crippen molar-refractivity contribution in [2.24, 2.45) is 18.9 Å². The van der Waals surface area contributed by atoms with E-state index in [2.05, 4.69) is 30.5 Å². The van der Waals surface area contributed by atoms with Gasteiger partial charge in [-0.2, -0.15) is 5.10 Å². The smallest absolute Gasteiger partial charge is 0.0521 e. The summed E-state index contributed by atoms with van der Waals surface area (Å²) in [6, 6.07) is 0.711. The summed E-state index contributed by atoms with van der Waals surface area (Å²) in [7, 11) is 2.01. The Hall–Kier alpha value is -0.830. The van der Waals surface area contributed by atoms with Crippen LogP contribution in [0, 0.1) is 11.8 Å². The summed E-state index contributed by atoms with van der Waals surface area (Å²) in [6.45, 7) is 5.73. The first-order valence-corrected chi connectivity index (χ1v) is 8.43. The van der Waals surface area contributed by atoms with E-state index in [0.29, 0.717) is 6.04 Å². The molecule has 0 bridgehead atoms. The second-order valence-electron chi connectivity index (χ2n) is 6.51. The molecule has 0 saturated heterocycles. The van der Waals surface area contributed by atoms with Crippen LogP contribution in [0.1, 0.15) is 57.9 Å². The average molecular weight is 277 g/mol. The summed E-state index contributed by atoms with van der Waals surface area (Å²) in [5.41, 5.74) is 1.40. The molecule has 0 aromatic carbocycles. The van der Waals surface area contributed by atoms with E-state index in [9.17, 15) is 0 Å². The van der Waals surface area contributed by atoms with E-state index in [0.717, 1.165) is 18.4 Å². The lowest BCUT2D eigenvalue weighted by Crippen LogP contribution is -2.42. The molecule has 114 valence electrons. The van der Waals surface area contributed by atoms with Gasteiger partial charge in [0.2, 0.25) is 0 Å². The summed E-state index contributed by atoms with van der Waals surface area (Å²) in [5.74, 6) is 1.73. The third-order valence-electron chi connectivity index (χ3n) is 4.70. The summed E-state index contributed by atoms with van der Waals surface area (Å²) >= 11 is 0. The molecule has 3 nitrogen and oxygen atoms in total. The zero-order chi connectivity index (χ0) is 14.4. The molecule has 0 radical (unpaired) electrons. The number of aryl methyl sites for hydroxylation is 1. The highest BCUT2D eigenvalue weighted by atomic mass is 15.2. The van der Waals surface area contributed by atoms with Gasteiger partial charge in [0.15, 0.2) is 0 Å². The maximum atomic E-state index is 4.32. The molecule has 0 spiro atoms. The van der Waals surface area contributed by atoms with Crippen LogP contribution in [0.5, 0.6) is 0 Å². The van der Waals surface area contributed by atoms with E-state index in [4.69, 9.17) is 0 Å². The van der Waals surface area contributed by atoms with Crippen LogP contribution in [0.2, 0.25) is 0 Å². The van der Waals surface area contributed by atoms with Crippen LogP contribution >= 0.6 is 0 Å². The topological polar surface area (TPSA) is 29.9 Å². The van der Waals surface area contributed by atoms with Crippen molar-refractivity contribution in [3.05, 3.63) is 18.0 Å². The molecule has 1 saturated carbocycles. The molecule has 1 N–H and O–H groups in total. The van der Waals surface area contributed by atoms with Gasteiger partial charge in [-0.15, -0.1) is 0 Å². The lowest BCUT2D eigenvalue weighted by Gasteiger charge is -2.37. The molecule has 0 aliphatic heterocycles. The first-order valence-electron chi connectivity index (χ1n) is 8.43. The maximum Gasteiger partial charge on any atom is 0.0521 e. The van der Waals surface area contributed by atoms with Gasteiger partial charge in [0.25, 0.3) is 0 Å². The predicted octanol–water partition coefficient (Wildman–Crippen LogP) is 3.55. The highest BCUT2D eigenvalue weighted by molar-refractivity contribution is 5.06. The van der Waals surface area contributed by atoms with E-state index in [1.165, 1.54) is 50.5 Å². The number of hydrogen-bond acceptors (Lipinski definition) is 2. The largest absolute Gasteiger partial charge is 0.314 e. The third kappa shape index (κ3) is 4.34. The van der Waals surface area contributed by atoms with Gasteiger partial charge in [0.1, 0.15) is 0 Å². The molecule has 1 heterocycles. The molecule has 0 amide bonds. The summed E-state index contributed by atoms with van der Waals surface area (Å²) in [5, 5.41) is 8.10. The highest BCUT2D eigenvalue weighted by Gasteiger charge is 2.29. The van der Waals surface area contributed by atoms with Crippen molar-refractivity contribution in [2.45, 2.75) is 64.8 Å². The normalized spacial score (nSPS) is 26.9. The summed E-state index contributed by atoms with van der Waals surface area (Å²) < 4.78 is 1.93. The second kappa shape index (κ2) is 7.82. The molecule has 3 unspecified atom stereocenters. The van der Waals surface area contributed by atoms with Gasteiger partial charge < -0.3 is 5.32 Å². The Morgan fingerprint density at radius 2 is 2.15 bits per heavy atom. The fraction of sp³-hybridized carbons (Fsp3) is 0.824. The Kier molecular flexibility index (Phi) is 6.08. The number of hydrogen-bond donors (Lipinski definition) is 1. The Labute approximate surface area is 124 Å². The van der Waals surface area contributed by atoms with Crippen molar-refractivity contribution in [3.63, 3.8) is 0 Å². The van der Waals surface area contributed by atoms with Gasteiger partial charge in [0.05, 0.1) is 6.20 Å². The molecule has 1 aliphatic rings. The van der Waals surface area contributed by atoms with E-state index in [-0.39, 0.29) is 0 Å². The van der Waals surface area contributed by atoms with Crippen LogP contribution in [0.25, 0.3) is 0 Å². The van der Waals surface area contributed by atoms with Crippen molar-refractivity contribution in [3.8, 4) is 0 Å². The van der Waals surface area contributed by atoms with E-state index < -0.39 is 0 Å². The van der Waals surface area contributed by atoms with Gasteiger partial charge >= 0.3 is 0 Å². The van der Waals surface area contributed by atoms with E-state index in [1.54, 1.807) is 0 Å². The molecule has 20 heavy (non-hydrogen) atoms. The number of aromatic nitrogens is 2. The minimum Gasteiger partial charge on any atom is -0.314 e. The lowest BCUT2D eigenvalue weighted by atomic mass is 9.74. The van der Waals surface area contributed by atoms with Crippen molar-refractivity contribution >= 4 is 0 Å². The standard InChI is InChI=1S/C17H31N3/c1-4-6-14-7-8-17(18-9-5-2)16(10-14)11-15-12-19-20(3)13-15/h12-14,16-18H,4-11H2,1-3H3. The Morgan fingerprint density at radius 1 is 1.30 bits per heavy atom. The fourth-order valence-corrected chi connectivity index (χ4v) is 3.74. The monoisotopic (exact) mass is 277 g/mol. The zero-order valence-electron chi connectivity index (χ0n) is 13.4. The molecule has 1 aromatic heterocycles. The molecular weight excluding hydrogens is 246 g/mol. The van der Waals surface area contributed by atoms with Crippen LogP contribution in [0.15, 0.2) is 12.4 Å². The maximum absolute atomic E-state index is 4.32. The van der Waals surface area contributed by atoms with Gasteiger partial charge in [-0.25, -0.2) is 0 Å².